The summed E-state index contributed by atoms with van der Waals surface area (Å²) < 4.78 is 0. The van der Waals surface area contributed by atoms with Gasteiger partial charge in [0.05, 0.1) is 5.41 Å². The van der Waals surface area contributed by atoms with E-state index in [9.17, 15) is 9.59 Å². The van der Waals surface area contributed by atoms with Gasteiger partial charge in [-0.1, -0.05) is 6.42 Å². The quantitative estimate of drug-likeness (QED) is 0.653. The number of hydrogen-bond donors (Lipinski definition) is 3. The average Bonchev–Trinajstić information content (AvgIpc) is 2.93. The fraction of sp³-hybridized carbons (Fsp3) is 0.818. The molecule has 0 unspecified atom stereocenters. The SMILES string of the molecule is O=C(NCC1CCC1)NCC1(C(=O)O)CC1. The molecule has 0 aromatic heterocycles. The van der Waals surface area contributed by atoms with Crippen LogP contribution in [-0.2, 0) is 4.79 Å². The van der Waals surface area contributed by atoms with Gasteiger partial charge in [-0.05, 0) is 31.6 Å². The Morgan fingerprint density at radius 3 is 2.38 bits per heavy atom. The fourth-order valence-electron chi connectivity index (χ4n) is 1.86. The number of urea groups is 1. The summed E-state index contributed by atoms with van der Waals surface area (Å²) in [5.41, 5.74) is -0.673. The number of carboxylic acids is 1. The summed E-state index contributed by atoms with van der Waals surface area (Å²) in [5.74, 6) is -0.174. The number of rotatable bonds is 5. The van der Waals surface area contributed by atoms with E-state index in [0.29, 0.717) is 25.3 Å². The van der Waals surface area contributed by atoms with Gasteiger partial charge in [0.2, 0.25) is 0 Å². The second kappa shape index (κ2) is 4.31. The van der Waals surface area contributed by atoms with Gasteiger partial charge in [0.1, 0.15) is 0 Å². The van der Waals surface area contributed by atoms with E-state index in [-0.39, 0.29) is 12.6 Å². The minimum absolute atomic E-state index is 0.237. The first-order valence-electron chi connectivity index (χ1n) is 5.87. The largest absolute Gasteiger partial charge is 0.481 e. The van der Waals surface area contributed by atoms with Crippen molar-refractivity contribution in [3.05, 3.63) is 0 Å². The lowest BCUT2D eigenvalue weighted by Crippen LogP contribution is -2.43. The van der Waals surface area contributed by atoms with Crippen molar-refractivity contribution in [3.63, 3.8) is 0 Å². The molecule has 5 nitrogen and oxygen atoms in total. The third-order valence-corrected chi connectivity index (χ3v) is 3.67. The second-order valence-corrected chi connectivity index (χ2v) is 4.95. The maximum atomic E-state index is 11.4. The molecule has 90 valence electrons. The number of amides is 2. The lowest BCUT2D eigenvalue weighted by Gasteiger charge is -2.25. The van der Waals surface area contributed by atoms with E-state index in [1.807, 2.05) is 0 Å². The van der Waals surface area contributed by atoms with Gasteiger partial charge in [-0.3, -0.25) is 4.79 Å². The number of hydrogen-bond acceptors (Lipinski definition) is 2. The molecule has 0 aliphatic heterocycles. The number of nitrogens with one attached hydrogen (secondary N) is 2. The third-order valence-electron chi connectivity index (χ3n) is 3.67. The van der Waals surface area contributed by atoms with E-state index in [4.69, 9.17) is 5.11 Å². The Bertz CT molecular complexity index is 296. The van der Waals surface area contributed by atoms with E-state index in [0.717, 1.165) is 0 Å². The van der Waals surface area contributed by atoms with Crippen LogP contribution in [0.2, 0.25) is 0 Å². The predicted octanol–water partition coefficient (Wildman–Crippen LogP) is 0.950. The molecule has 0 spiro atoms. The average molecular weight is 226 g/mol. The van der Waals surface area contributed by atoms with Crippen LogP contribution < -0.4 is 10.6 Å². The highest BCUT2D eigenvalue weighted by Gasteiger charge is 2.50. The second-order valence-electron chi connectivity index (χ2n) is 4.95. The predicted molar refractivity (Wildman–Crippen MR) is 58.0 cm³/mol. The van der Waals surface area contributed by atoms with Crippen LogP contribution in [0.4, 0.5) is 4.79 Å². The lowest BCUT2D eigenvalue weighted by atomic mass is 9.85. The molecule has 2 fully saturated rings. The minimum atomic E-state index is -0.799. The molecule has 0 bridgehead atoms. The molecule has 0 aromatic carbocycles. The first-order chi connectivity index (χ1) is 7.62. The van der Waals surface area contributed by atoms with Crippen LogP contribution in [0.1, 0.15) is 32.1 Å². The van der Waals surface area contributed by atoms with Gasteiger partial charge in [0.25, 0.3) is 0 Å². The van der Waals surface area contributed by atoms with Crippen LogP contribution in [0.25, 0.3) is 0 Å². The normalized spacial score (nSPS) is 22.0. The van der Waals surface area contributed by atoms with Crippen LogP contribution in [0.3, 0.4) is 0 Å². The zero-order valence-electron chi connectivity index (χ0n) is 9.29. The molecule has 3 N–H and O–H groups in total. The molecule has 0 aromatic rings. The molecule has 16 heavy (non-hydrogen) atoms. The van der Waals surface area contributed by atoms with E-state index >= 15 is 0 Å². The maximum Gasteiger partial charge on any atom is 0.314 e. The van der Waals surface area contributed by atoms with Crippen molar-refractivity contribution in [2.45, 2.75) is 32.1 Å². The van der Waals surface area contributed by atoms with Crippen molar-refractivity contribution in [1.29, 1.82) is 0 Å². The van der Waals surface area contributed by atoms with Crippen molar-refractivity contribution >= 4 is 12.0 Å². The Labute approximate surface area is 94.6 Å². The summed E-state index contributed by atoms with van der Waals surface area (Å²) in [4.78, 5) is 22.2. The zero-order valence-corrected chi connectivity index (χ0v) is 9.29. The topological polar surface area (TPSA) is 78.4 Å². The number of carbonyl (C=O) groups is 2. The summed E-state index contributed by atoms with van der Waals surface area (Å²) in [6.07, 6.45) is 4.99. The van der Waals surface area contributed by atoms with Crippen molar-refractivity contribution in [2.75, 3.05) is 13.1 Å². The molecular formula is C11H18N2O3. The minimum Gasteiger partial charge on any atom is -0.481 e. The van der Waals surface area contributed by atoms with E-state index in [1.165, 1.54) is 19.3 Å². The first-order valence-corrected chi connectivity index (χ1v) is 5.87. The monoisotopic (exact) mass is 226 g/mol. The van der Waals surface area contributed by atoms with Crippen LogP contribution in [0.5, 0.6) is 0 Å². The number of carbonyl (C=O) groups excluding carboxylic acids is 1. The van der Waals surface area contributed by atoms with Crippen LogP contribution >= 0.6 is 0 Å². The Morgan fingerprint density at radius 1 is 1.25 bits per heavy atom. The van der Waals surface area contributed by atoms with Gasteiger partial charge in [0, 0.05) is 13.1 Å². The first kappa shape index (κ1) is 11.2. The van der Waals surface area contributed by atoms with E-state index < -0.39 is 11.4 Å². The smallest absolute Gasteiger partial charge is 0.314 e. The lowest BCUT2D eigenvalue weighted by molar-refractivity contribution is -0.143. The van der Waals surface area contributed by atoms with Gasteiger partial charge >= 0.3 is 12.0 Å². The highest BCUT2D eigenvalue weighted by molar-refractivity contribution is 5.80. The van der Waals surface area contributed by atoms with Gasteiger partial charge in [0.15, 0.2) is 0 Å². The van der Waals surface area contributed by atoms with E-state index in [1.54, 1.807) is 0 Å². The van der Waals surface area contributed by atoms with Crippen molar-refractivity contribution in [3.8, 4) is 0 Å². The highest BCUT2D eigenvalue weighted by atomic mass is 16.4. The van der Waals surface area contributed by atoms with Gasteiger partial charge in [-0.15, -0.1) is 0 Å². The van der Waals surface area contributed by atoms with Crippen molar-refractivity contribution in [2.24, 2.45) is 11.3 Å². The fourth-order valence-corrected chi connectivity index (χ4v) is 1.86. The summed E-state index contributed by atoms with van der Waals surface area (Å²) in [7, 11) is 0. The molecule has 2 aliphatic carbocycles. The molecule has 2 rings (SSSR count). The molecule has 5 heteroatoms. The molecule has 0 radical (unpaired) electrons. The molecule has 2 amide bonds. The Balaban J connectivity index is 1.62. The Hall–Kier alpha value is -1.26. The Kier molecular flexibility index (Phi) is 3.03. The van der Waals surface area contributed by atoms with Gasteiger partial charge < -0.3 is 15.7 Å². The standard InChI is InChI=1S/C11H18N2O3/c14-9(15)11(4-5-11)7-13-10(16)12-6-8-2-1-3-8/h8H,1-7H2,(H,14,15)(H2,12,13,16). The van der Waals surface area contributed by atoms with Gasteiger partial charge in [-0.2, -0.15) is 0 Å². The zero-order chi connectivity index (χ0) is 11.6. The highest BCUT2D eigenvalue weighted by Crippen LogP contribution is 2.45. The number of carboxylic acid groups (broad SMARTS) is 1. The molecule has 0 saturated heterocycles. The molecule has 2 aliphatic rings. The summed E-state index contributed by atoms with van der Waals surface area (Å²) in [5, 5.41) is 14.3. The maximum absolute atomic E-state index is 11.4. The van der Waals surface area contributed by atoms with Crippen LogP contribution in [0.15, 0.2) is 0 Å². The summed E-state index contributed by atoms with van der Waals surface area (Å²) in [6.45, 7) is 0.963. The molecule has 0 heterocycles. The summed E-state index contributed by atoms with van der Waals surface area (Å²) >= 11 is 0. The third kappa shape index (κ3) is 2.46. The van der Waals surface area contributed by atoms with Gasteiger partial charge in [-0.25, -0.2) is 4.79 Å². The molecular weight excluding hydrogens is 208 g/mol. The van der Waals surface area contributed by atoms with Crippen molar-refractivity contribution in [1.82, 2.24) is 10.6 Å². The molecule has 0 atom stereocenters. The van der Waals surface area contributed by atoms with Crippen molar-refractivity contribution < 1.29 is 14.7 Å². The summed E-state index contributed by atoms with van der Waals surface area (Å²) in [6, 6.07) is -0.237. The number of aliphatic carboxylic acids is 1. The van der Waals surface area contributed by atoms with E-state index in [2.05, 4.69) is 10.6 Å². The Morgan fingerprint density at radius 2 is 1.94 bits per heavy atom. The van der Waals surface area contributed by atoms with Crippen LogP contribution in [-0.4, -0.2) is 30.2 Å². The van der Waals surface area contributed by atoms with Crippen LogP contribution in [0, 0.1) is 11.3 Å². The molecule has 2 saturated carbocycles.